The van der Waals surface area contributed by atoms with Crippen LogP contribution in [0.15, 0.2) is 53.6 Å². The van der Waals surface area contributed by atoms with E-state index in [0.29, 0.717) is 17.2 Å². The second-order valence-electron chi connectivity index (χ2n) is 8.02. The van der Waals surface area contributed by atoms with Crippen LogP contribution >= 0.6 is 0 Å². The van der Waals surface area contributed by atoms with Crippen molar-refractivity contribution < 1.29 is 22.3 Å². The SMILES string of the molecule is COc1cccc(OC)c1-n1c(NS(=O)(=O)[C@H](C)[C@@H](C)c2ncc(F)cn2)nnc1-c1cccc(=O)[nH]1. The number of rotatable bonds is 9. The fraction of sp³-hybridized carbons (Fsp3) is 0.261. The number of nitrogens with one attached hydrogen (secondary N) is 2. The van der Waals surface area contributed by atoms with Gasteiger partial charge in [0.05, 0.1) is 37.6 Å². The molecule has 1 aromatic carbocycles. The van der Waals surface area contributed by atoms with Crippen LogP contribution in [0.25, 0.3) is 17.2 Å². The van der Waals surface area contributed by atoms with Crippen molar-refractivity contribution in [3.05, 3.63) is 70.8 Å². The highest BCUT2D eigenvalue weighted by atomic mass is 32.2. The fourth-order valence-corrected chi connectivity index (χ4v) is 4.85. The lowest BCUT2D eigenvalue weighted by Crippen LogP contribution is -2.31. The van der Waals surface area contributed by atoms with Gasteiger partial charge in [0.1, 0.15) is 23.0 Å². The van der Waals surface area contributed by atoms with E-state index in [1.54, 1.807) is 31.2 Å². The first-order valence-electron chi connectivity index (χ1n) is 11.0. The highest BCUT2D eigenvalue weighted by Crippen LogP contribution is 2.37. The number of hydrogen-bond acceptors (Lipinski definition) is 9. The number of methoxy groups -OCH3 is 2. The van der Waals surface area contributed by atoms with E-state index in [9.17, 15) is 17.6 Å². The zero-order valence-corrected chi connectivity index (χ0v) is 21.2. The van der Waals surface area contributed by atoms with Gasteiger partial charge in [-0.05, 0) is 25.1 Å². The van der Waals surface area contributed by atoms with Crippen molar-refractivity contribution in [1.29, 1.82) is 0 Å². The molecule has 37 heavy (non-hydrogen) atoms. The number of aromatic nitrogens is 6. The third-order valence-electron chi connectivity index (χ3n) is 5.77. The molecule has 0 fully saturated rings. The zero-order chi connectivity index (χ0) is 26.7. The molecule has 0 aliphatic heterocycles. The molecule has 0 saturated heterocycles. The van der Waals surface area contributed by atoms with Crippen molar-refractivity contribution in [2.75, 3.05) is 18.9 Å². The molecule has 2 N–H and O–H groups in total. The number of nitrogens with zero attached hydrogens (tertiary/aromatic N) is 5. The maximum Gasteiger partial charge on any atom is 0.248 e. The average Bonchev–Trinajstić information content (AvgIpc) is 3.29. The van der Waals surface area contributed by atoms with Crippen LogP contribution in [-0.2, 0) is 10.0 Å². The minimum absolute atomic E-state index is 0.126. The molecule has 0 bridgehead atoms. The smallest absolute Gasteiger partial charge is 0.248 e. The summed E-state index contributed by atoms with van der Waals surface area (Å²) >= 11 is 0. The summed E-state index contributed by atoms with van der Waals surface area (Å²) in [5.74, 6) is -0.548. The molecular formula is C23H24FN7O5S. The number of pyridine rings is 1. The van der Waals surface area contributed by atoms with Crippen LogP contribution in [-0.4, -0.2) is 57.6 Å². The van der Waals surface area contributed by atoms with E-state index >= 15 is 0 Å². The minimum atomic E-state index is -4.12. The highest BCUT2D eigenvalue weighted by molar-refractivity contribution is 7.93. The second-order valence-corrected chi connectivity index (χ2v) is 10.1. The van der Waals surface area contributed by atoms with Gasteiger partial charge in [-0.3, -0.25) is 14.1 Å². The van der Waals surface area contributed by atoms with Crippen molar-refractivity contribution in [3.8, 4) is 28.7 Å². The number of H-pyrrole nitrogens is 1. The molecule has 14 heteroatoms. The third kappa shape index (κ3) is 5.14. The number of para-hydroxylation sites is 1. The van der Waals surface area contributed by atoms with Gasteiger partial charge in [0, 0.05) is 12.0 Å². The highest BCUT2D eigenvalue weighted by Gasteiger charge is 2.32. The van der Waals surface area contributed by atoms with Crippen LogP contribution in [0.5, 0.6) is 11.5 Å². The number of hydrogen-bond donors (Lipinski definition) is 2. The van der Waals surface area contributed by atoms with Gasteiger partial charge < -0.3 is 14.5 Å². The number of anilines is 1. The average molecular weight is 530 g/mol. The van der Waals surface area contributed by atoms with Crippen LogP contribution in [0.2, 0.25) is 0 Å². The number of halogens is 1. The molecular weight excluding hydrogens is 505 g/mol. The fourth-order valence-electron chi connectivity index (χ4n) is 3.62. The molecule has 0 radical (unpaired) electrons. The maximum absolute atomic E-state index is 13.4. The van der Waals surface area contributed by atoms with Gasteiger partial charge in [0.25, 0.3) is 0 Å². The summed E-state index contributed by atoms with van der Waals surface area (Å²) in [4.78, 5) is 22.5. The summed E-state index contributed by atoms with van der Waals surface area (Å²) < 4.78 is 55.0. The first kappa shape index (κ1) is 25.8. The molecule has 0 saturated carbocycles. The molecule has 0 aliphatic rings. The molecule has 0 aliphatic carbocycles. The van der Waals surface area contributed by atoms with Crippen LogP contribution in [0, 0.1) is 5.82 Å². The molecule has 12 nitrogen and oxygen atoms in total. The van der Waals surface area contributed by atoms with Crippen molar-refractivity contribution in [2.24, 2.45) is 0 Å². The first-order valence-corrected chi connectivity index (χ1v) is 12.6. The van der Waals surface area contributed by atoms with Crippen LogP contribution in [0.3, 0.4) is 0 Å². The predicted molar refractivity (Wildman–Crippen MR) is 133 cm³/mol. The summed E-state index contributed by atoms with van der Waals surface area (Å²) in [5.41, 5.74) is 0.194. The Balaban J connectivity index is 1.84. The standard InChI is InChI=1S/C23H24FN7O5S/c1-13(21-25-11-15(24)12-26-21)14(2)37(33,34)30-23-29-28-22(16-7-5-10-19(32)27-16)31(23)20-17(35-3)8-6-9-18(20)36-4/h5-14H,1-4H3,(H,27,32)(H,29,30)/t13-,14-/m1/s1. The largest absolute Gasteiger partial charge is 0.494 e. The van der Waals surface area contributed by atoms with E-state index < -0.39 is 27.0 Å². The van der Waals surface area contributed by atoms with E-state index in [1.165, 1.54) is 37.8 Å². The van der Waals surface area contributed by atoms with Gasteiger partial charge in [-0.25, -0.2) is 22.8 Å². The predicted octanol–water partition coefficient (Wildman–Crippen LogP) is 2.50. The van der Waals surface area contributed by atoms with Crippen molar-refractivity contribution in [2.45, 2.75) is 25.0 Å². The molecule has 0 amide bonds. The Hall–Kier alpha value is -4.33. The van der Waals surface area contributed by atoms with Crippen molar-refractivity contribution in [1.82, 2.24) is 29.7 Å². The summed E-state index contributed by atoms with van der Waals surface area (Å²) in [7, 11) is -1.22. The Labute approximate surface area is 211 Å². The number of sulfonamides is 1. The summed E-state index contributed by atoms with van der Waals surface area (Å²) in [5, 5.41) is 7.17. The summed E-state index contributed by atoms with van der Waals surface area (Å²) in [6, 6.07) is 9.47. The molecule has 194 valence electrons. The lowest BCUT2D eigenvalue weighted by Gasteiger charge is -2.21. The van der Waals surface area contributed by atoms with Gasteiger partial charge in [0.2, 0.25) is 21.5 Å². The number of benzene rings is 1. The van der Waals surface area contributed by atoms with Crippen LogP contribution < -0.4 is 19.8 Å². The molecule has 0 unspecified atom stereocenters. The van der Waals surface area contributed by atoms with Gasteiger partial charge in [-0.1, -0.05) is 19.1 Å². The van der Waals surface area contributed by atoms with E-state index in [1.807, 2.05) is 0 Å². The summed E-state index contributed by atoms with van der Waals surface area (Å²) in [6.45, 7) is 3.09. The quantitative estimate of drug-likeness (QED) is 0.333. The van der Waals surface area contributed by atoms with E-state index in [4.69, 9.17) is 9.47 Å². The Morgan fingerprint density at radius 1 is 1.00 bits per heavy atom. The molecule has 4 rings (SSSR count). The number of aromatic amines is 1. The Morgan fingerprint density at radius 2 is 1.62 bits per heavy atom. The normalized spacial score (nSPS) is 13.1. The van der Waals surface area contributed by atoms with E-state index in [-0.39, 0.29) is 28.9 Å². The first-order chi connectivity index (χ1) is 17.7. The lowest BCUT2D eigenvalue weighted by molar-refractivity contribution is 0.391. The topological polar surface area (TPSA) is 154 Å². The van der Waals surface area contributed by atoms with Crippen LogP contribution in [0.4, 0.5) is 10.3 Å². The Morgan fingerprint density at radius 3 is 2.22 bits per heavy atom. The lowest BCUT2D eigenvalue weighted by atomic mass is 10.1. The monoisotopic (exact) mass is 529 g/mol. The molecule has 3 aromatic heterocycles. The molecule has 0 spiro atoms. The summed E-state index contributed by atoms with van der Waals surface area (Å²) in [6.07, 6.45) is 1.95. The molecule has 2 atom stereocenters. The van der Waals surface area contributed by atoms with Crippen molar-refractivity contribution in [3.63, 3.8) is 0 Å². The van der Waals surface area contributed by atoms with Crippen LogP contribution in [0.1, 0.15) is 25.6 Å². The Bertz CT molecular complexity index is 1550. The minimum Gasteiger partial charge on any atom is -0.494 e. The zero-order valence-electron chi connectivity index (χ0n) is 20.3. The van der Waals surface area contributed by atoms with Gasteiger partial charge in [-0.15, -0.1) is 10.2 Å². The van der Waals surface area contributed by atoms with E-state index in [0.717, 1.165) is 12.4 Å². The van der Waals surface area contributed by atoms with E-state index in [2.05, 4.69) is 29.9 Å². The second kappa shape index (κ2) is 10.3. The molecule has 4 aromatic rings. The van der Waals surface area contributed by atoms with Gasteiger partial charge in [0.15, 0.2) is 11.6 Å². The Kier molecular flexibility index (Phi) is 7.20. The molecule has 3 heterocycles. The number of ether oxygens (including phenoxy) is 2. The third-order valence-corrected chi connectivity index (χ3v) is 7.63. The maximum atomic E-state index is 13.4. The van der Waals surface area contributed by atoms with Crippen molar-refractivity contribution >= 4 is 16.0 Å². The van der Waals surface area contributed by atoms with Gasteiger partial charge >= 0.3 is 0 Å². The van der Waals surface area contributed by atoms with Gasteiger partial charge in [-0.2, -0.15) is 0 Å².